The van der Waals surface area contributed by atoms with Gasteiger partial charge in [-0.2, -0.15) is 0 Å². The number of hydrogen-bond donors (Lipinski definition) is 3. The van der Waals surface area contributed by atoms with Gasteiger partial charge in [0.05, 0.1) is 0 Å². The van der Waals surface area contributed by atoms with Crippen LogP contribution in [-0.4, -0.2) is 23.5 Å². The molecule has 1 amide bonds. The van der Waals surface area contributed by atoms with Gasteiger partial charge in [-0.25, -0.2) is 0 Å². The van der Waals surface area contributed by atoms with Crippen molar-refractivity contribution in [3.05, 3.63) is 58.4 Å². The third-order valence-electron chi connectivity index (χ3n) is 4.77. The van der Waals surface area contributed by atoms with Crippen LogP contribution in [0.3, 0.4) is 0 Å². The first-order valence-corrected chi connectivity index (χ1v) is 8.48. The van der Waals surface area contributed by atoms with Crippen molar-refractivity contribution < 1.29 is 4.79 Å². The Morgan fingerprint density at radius 2 is 1.88 bits per heavy atom. The van der Waals surface area contributed by atoms with Crippen LogP contribution in [-0.2, 0) is 0 Å². The molecule has 24 heavy (non-hydrogen) atoms. The summed E-state index contributed by atoms with van der Waals surface area (Å²) >= 11 is 0. The zero-order valence-corrected chi connectivity index (χ0v) is 13.6. The first-order valence-electron chi connectivity index (χ1n) is 8.48. The van der Waals surface area contributed by atoms with Crippen LogP contribution in [0.15, 0.2) is 47.3 Å². The van der Waals surface area contributed by atoms with Crippen molar-refractivity contribution in [3.8, 4) is 11.3 Å². The van der Waals surface area contributed by atoms with Gasteiger partial charge in [0.2, 0.25) is 0 Å². The summed E-state index contributed by atoms with van der Waals surface area (Å²) in [7, 11) is 0. The Kier molecular flexibility index (Phi) is 5.11. The van der Waals surface area contributed by atoms with Crippen molar-refractivity contribution in [2.75, 3.05) is 6.54 Å². The fourth-order valence-corrected chi connectivity index (χ4v) is 3.36. The van der Waals surface area contributed by atoms with Gasteiger partial charge in [0.1, 0.15) is 5.56 Å². The first-order chi connectivity index (χ1) is 11.7. The van der Waals surface area contributed by atoms with E-state index in [0.717, 1.165) is 31.2 Å². The topological polar surface area (TPSA) is 88.0 Å². The van der Waals surface area contributed by atoms with E-state index in [1.807, 2.05) is 30.3 Å². The molecule has 1 aliphatic carbocycles. The number of nitrogens with two attached hydrogens (primary N) is 1. The quantitative estimate of drug-likeness (QED) is 0.806. The summed E-state index contributed by atoms with van der Waals surface area (Å²) in [6.45, 7) is 0.564. The lowest BCUT2D eigenvalue weighted by Gasteiger charge is -2.31. The van der Waals surface area contributed by atoms with Crippen LogP contribution in [0.5, 0.6) is 0 Å². The number of pyridine rings is 1. The van der Waals surface area contributed by atoms with Crippen molar-refractivity contribution in [3.63, 3.8) is 0 Å². The SMILES string of the molecule is NCC1CCCCC1NC(=O)c1ccc(-c2ccccc2)[nH]c1=O. The molecule has 0 spiro atoms. The molecule has 2 atom stereocenters. The smallest absolute Gasteiger partial charge is 0.261 e. The third kappa shape index (κ3) is 3.57. The highest BCUT2D eigenvalue weighted by Gasteiger charge is 2.26. The predicted octanol–water partition coefficient (Wildman–Crippen LogP) is 2.29. The van der Waals surface area contributed by atoms with Crippen LogP contribution in [0.25, 0.3) is 11.3 Å². The van der Waals surface area contributed by atoms with Crippen molar-refractivity contribution >= 4 is 5.91 Å². The zero-order chi connectivity index (χ0) is 16.9. The van der Waals surface area contributed by atoms with Crippen LogP contribution >= 0.6 is 0 Å². The summed E-state index contributed by atoms with van der Waals surface area (Å²) in [6.07, 6.45) is 4.20. The van der Waals surface area contributed by atoms with Crippen molar-refractivity contribution in [2.45, 2.75) is 31.7 Å². The van der Waals surface area contributed by atoms with E-state index in [-0.39, 0.29) is 23.1 Å². The zero-order valence-electron chi connectivity index (χ0n) is 13.6. The molecule has 1 heterocycles. The summed E-state index contributed by atoms with van der Waals surface area (Å²) in [5, 5.41) is 3.00. The Bertz CT molecular complexity index is 755. The molecular weight excluding hydrogens is 302 g/mol. The van der Waals surface area contributed by atoms with Crippen LogP contribution < -0.4 is 16.6 Å². The number of carbonyl (C=O) groups is 1. The standard InChI is InChI=1S/C19H23N3O2/c20-12-14-8-4-5-9-16(14)21-18(23)15-10-11-17(22-19(15)24)13-6-2-1-3-7-13/h1-3,6-7,10-11,14,16H,4-5,8-9,12,20H2,(H,21,23)(H,22,24). The Hall–Kier alpha value is -2.40. The number of rotatable bonds is 4. The number of nitrogens with one attached hydrogen (secondary N) is 2. The van der Waals surface area contributed by atoms with Gasteiger partial charge in [0.15, 0.2) is 0 Å². The van der Waals surface area contributed by atoms with Crippen LogP contribution in [0.2, 0.25) is 0 Å². The highest BCUT2D eigenvalue weighted by Crippen LogP contribution is 2.23. The number of carbonyl (C=O) groups excluding carboxylic acids is 1. The molecule has 1 fully saturated rings. The molecule has 1 aliphatic rings. The maximum Gasteiger partial charge on any atom is 0.261 e. The van der Waals surface area contributed by atoms with Gasteiger partial charge in [-0.1, -0.05) is 43.2 Å². The van der Waals surface area contributed by atoms with E-state index in [0.29, 0.717) is 18.2 Å². The second kappa shape index (κ2) is 7.45. The predicted molar refractivity (Wildman–Crippen MR) is 94.8 cm³/mol. The molecule has 2 aromatic rings. The number of H-pyrrole nitrogens is 1. The Morgan fingerprint density at radius 3 is 2.58 bits per heavy atom. The Labute approximate surface area is 141 Å². The second-order valence-corrected chi connectivity index (χ2v) is 6.34. The third-order valence-corrected chi connectivity index (χ3v) is 4.77. The fourth-order valence-electron chi connectivity index (χ4n) is 3.36. The minimum atomic E-state index is -0.367. The molecule has 126 valence electrons. The molecule has 4 N–H and O–H groups in total. The Morgan fingerprint density at radius 1 is 1.12 bits per heavy atom. The minimum absolute atomic E-state index is 0.0597. The molecule has 0 saturated heterocycles. The molecule has 5 heteroatoms. The fraction of sp³-hybridized carbons (Fsp3) is 0.368. The monoisotopic (exact) mass is 325 g/mol. The van der Waals surface area contributed by atoms with Gasteiger partial charge in [-0.15, -0.1) is 0 Å². The number of hydrogen-bond acceptors (Lipinski definition) is 3. The maximum absolute atomic E-state index is 12.5. The van der Waals surface area contributed by atoms with Gasteiger partial charge in [0, 0.05) is 11.7 Å². The van der Waals surface area contributed by atoms with Crippen molar-refractivity contribution in [1.29, 1.82) is 0 Å². The van der Waals surface area contributed by atoms with Gasteiger partial charge in [-0.05, 0) is 43.0 Å². The van der Waals surface area contributed by atoms with E-state index in [4.69, 9.17) is 5.73 Å². The molecule has 2 unspecified atom stereocenters. The molecule has 5 nitrogen and oxygen atoms in total. The van der Waals surface area contributed by atoms with Gasteiger partial charge in [0.25, 0.3) is 11.5 Å². The lowest BCUT2D eigenvalue weighted by molar-refractivity contribution is 0.0906. The number of aromatic nitrogens is 1. The molecule has 0 bridgehead atoms. The van der Waals surface area contributed by atoms with E-state index in [1.54, 1.807) is 12.1 Å². The maximum atomic E-state index is 12.5. The summed E-state index contributed by atoms with van der Waals surface area (Å²) in [4.78, 5) is 27.6. The minimum Gasteiger partial charge on any atom is -0.349 e. The largest absolute Gasteiger partial charge is 0.349 e. The van der Waals surface area contributed by atoms with Crippen molar-refractivity contribution in [2.24, 2.45) is 11.7 Å². The molecular formula is C19H23N3O2. The summed E-state index contributed by atoms with van der Waals surface area (Å²) < 4.78 is 0. The van der Waals surface area contributed by atoms with E-state index in [9.17, 15) is 9.59 Å². The molecule has 3 rings (SSSR count). The normalized spacial score (nSPS) is 20.5. The van der Waals surface area contributed by atoms with Gasteiger partial charge >= 0.3 is 0 Å². The number of amides is 1. The van der Waals surface area contributed by atoms with E-state index < -0.39 is 0 Å². The van der Waals surface area contributed by atoms with E-state index >= 15 is 0 Å². The first kappa shape index (κ1) is 16.5. The van der Waals surface area contributed by atoms with Crippen molar-refractivity contribution in [1.82, 2.24) is 10.3 Å². The summed E-state index contributed by atoms with van der Waals surface area (Å²) in [6, 6.07) is 13.0. The lowest BCUT2D eigenvalue weighted by atomic mass is 9.84. The van der Waals surface area contributed by atoms with Crippen LogP contribution in [0.1, 0.15) is 36.0 Å². The molecule has 1 aromatic carbocycles. The molecule has 1 saturated carbocycles. The number of aromatic amines is 1. The lowest BCUT2D eigenvalue weighted by Crippen LogP contribution is -2.45. The van der Waals surface area contributed by atoms with E-state index in [1.165, 1.54) is 0 Å². The molecule has 1 aromatic heterocycles. The highest BCUT2D eigenvalue weighted by molar-refractivity contribution is 5.94. The van der Waals surface area contributed by atoms with Gasteiger partial charge < -0.3 is 16.0 Å². The second-order valence-electron chi connectivity index (χ2n) is 6.34. The average Bonchev–Trinajstić information content (AvgIpc) is 2.62. The van der Waals surface area contributed by atoms with Gasteiger partial charge in [-0.3, -0.25) is 9.59 Å². The highest BCUT2D eigenvalue weighted by atomic mass is 16.2. The van der Waals surface area contributed by atoms with Crippen LogP contribution in [0, 0.1) is 5.92 Å². The molecule has 0 radical (unpaired) electrons. The van der Waals surface area contributed by atoms with E-state index in [2.05, 4.69) is 10.3 Å². The summed E-state index contributed by atoms with van der Waals surface area (Å²) in [5.74, 6) is -0.0217. The van der Waals surface area contributed by atoms with Crippen LogP contribution in [0.4, 0.5) is 0 Å². The average molecular weight is 325 g/mol. The molecule has 0 aliphatic heterocycles. The summed E-state index contributed by atoms with van der Waals surface area (Å²) in [5.41, 5.74) is 7.20. The number of benzene rings is 1. The Balaban J connectivity index is 1.77.